The molecule has 188 valence electrons. The average Bonchev–Trinajstić information content (AvgIpc) is 3.15. The summed E-state index contributed by atoms with van der Waals surface area (Å²) in [6, 6.07) is 15.9. The number of hydrogen-bond acceptors (Lipinski definition) is 3. The third-order valence-electron chi connectivity index (χ3n) is 6.56. The van der Waals surface area contributed by atoms with E-state index in [4.69, 9.17) is 23.2 Å². The van der Waals surface area contributed by atoms with Gasteiger partial charge in [-0.25, -0.2) is 0 Å². The molecule has 4 rings (SSSR count). The molecule has 0 bridgehead atoms. The zero-order valence-electron chi connectivity index (χ0n) is 20.2. The maximum Gasteiger partial charge on any atom is 0.253 e. The smallest absolute Gasteiger partial charge is 0.253 e. The van der Waals surface area contributed by atoms with Crippen LogP contribution in [0.1, 0.15) is 34.5 Å². The molecule has 1 amide bonds. The van der Waals surface area contributed by atoms with Crippen molar-refractivity contribution >= 4 is 47.2 Å². The van der Waals surface area contributed by atoms with Crippen LogP contribution >= 0.6 is 35.6 Å². The summed E-state index contributed by atoms with van der Waals surface area (Å²) >= 11 is 12.5. The molecule has 0 unspecified atom stereocenters. The fraction of sp³-hybridized carbons (Fsp3) is 0.370. The third-order valence-corrected chi connectivity index (χ3v) is 7.37. The van der Waals surface area contributed by atoms with E-state index in [-0.39, 0.29) is 18.3 Å². The molecule has 3 aromatic rings. The second-order valence-corrected chi connectivity index (χ2v) is 9.64. The highest BCUT2D eigenvalue weighted by Crippen LogP contribution is 2.33. The Hall–Kier alpha value is -2.18. The number of halogens is 3. The first-order valence-electron chi connectivity index (χ1n) is 11.9. The molecule has 0 spiro atoms. The third kappa shape index (κ3) is 6.53. The topological polar surface area (TPSA) is 51.4 Å². The maximum absolute atomic E-state index is 12.9. The maximum atomic E-state index is 12.9. The van der Waals surface area contributed by atoms with Crippen LogP contribution in [0.3, 0.4) is 0 Å². The van der Waals surface area contributed by atoms with E-state index in [1.165, 1.54) is 0 Å². The Morgan fingerprint density at radius 2 is 1.69 bits per heavy atom. The largest absolute Gasteiger partial charge is 0.368 e. The van der Waals surface area contributed by atoms with Crippen molar-refractivity contribution in [1.29, 1.82) is 0 Å². The van der Waals surface area contributed by atoms with Gasteiger partial charge in [-0.2, -0.15) is 0 Å². The van der Waals surface area contributed by atoms with Crippen molar-refractivity contribution < 1.29 is 4.79 Å². The van der Waals surface area contributed by atoms with Crippen LogP contribution in [0.2, 0.25) is 10.0 Å². The first kappa shape index (κ1) is 27.4. The Morgan fingerprint density at radius 1 is 0.971 bits per heavy atom. The van der Waals surface area contributed by atoms with Gasteiger partial charge in [-0.05, 0) is 56.5 Å². The van der Waals surface area contributed by atoms with E-state index in [0.717, 1.165) is 79.3 Å². The second-order valence-electron chi connectivity index (χ2n) is 8.86. The quantitative estimate of drug-likeness (QED) is 0.330. The number of unbranched alkanes of at least 4 members (excludes halogenated alkanes) is 1. The normalized spacial score (nSPS) is 14.0. The standard InChI is InChI=1S/C27H32Cl2N4O.ClH/c1-19-24(20(2)31-26(19)21-9-4-3-5-10-21)27(34)30-13-6-7-14-32-15-17-33(18-16-32)23-12-8-11-22(28)25(23)29;/h3-5,8-12,31H,6-7,13-18H2,1-2H3,(H,30,34);1H. The van der Waals surface area contributed by atoms with Gasteiger partial charge in [0.2, 0.25) is 0 Å². The van der Waals surface area contributed by atoms with Crippen LogP contribution in [-0.4, -0.2) is 55.1 Å². The number of nitrogens with zero attached hydrogens (tertiary/aromatic N) is 2. The molecule has 1 aliphatic rings. The average molecular weight is 536 g/mol. The molecule has 5 nitrogen and oxygen atoms in total. The minimum absolute atomic E-state index is 0. The SMILES string of the molecule is Cc1[nH]c(-c2ccccc2)c(C)c1C(=O)NCCCCN1CCN(c2cccc(Cl)c2Cl)CC1.Cl. The Labute approximate surface area is 224 Å². The number of nitrogens with one attached hydrogen (secondary N) is 2. The number of H-pyrrole nitrogens is 1. The van der Waals surface area contributed by atoms with Crippen LogP contribution in [0.15, 0.2) is 48.5 Å². The van der Waals surface area contributed by atoms with E-state index in [1.807, 2.05) is 50.2 Å². The number of amides is 1. The number of benzene rings is 2. The van der Waals surface area contributed by atoms with Gasteiger partial charge in [0.1, 0.15) is 0 Å². The predicted molar refractivity (Wildman–Crippen MR) is 150 cm³/mol. The van der Waals surface area contributed by atoms with Crippen molar-refractivity contribution in [2.75, 3.05) is 44.2 Å². The molecule has 8 heteroatoms. The zero-order chi connectivity index (χ0) is 24.1. The van der Waals surface area contributed by atoms with Gasteiger partial charge < -0.3 is 15.2 Å². The number of piperazine rings is 1. The summed E-state index contributed by atoms with van der Waals surface area (Å²) in [5.74, 6) is 0.000413. The van der Waals surface area contributed by atoms with Crippen LogP contribution < -0.4 is 10.2 Å². The van der Waals surface area contributed by atoms with Gasteiger partial charge in [-0.1, -0.05) is 59.6 Å². The van der Waals surface area contributed by atoms with Gasteiger partial charge in [0, 0.05) is 44.1 Å². The Morgan fingerprint density at radius 3 is 2.40 bits per heavy atom. The number of hydrogen-bond donors (Lipinski definition) is 2. The Kier molecular flexibility index (Phi) is 9.93. The van der Waals surface area contributed by atoms with E-state index < -0.39 is 0 Å². The Bertz CT molecular complexity index is 1120. The van der Waals surface area contributed by atoms with Crippen molar-refractivity contribution in [2.24, 2.45) is 0 Å². The van der Waals surface area contributed by atoms with Crippen molar-refractivity contribution in [3.05, 3.63) is 75.4 Å². The van der Waals surface area contributed by atoms with Crippen LogP contribution in [0, 0.1) is 13.8 Å². The van der Waals surface area contributed by atoms with E-state index in [0.29, 0.717) is 16.6 Å². The summed E-state index contributed by atoms with van der Waals surface area (Å²) in [6.45, 7) is 9.56. The summed E-state index contributed by atoms with van der Waals surface area (Å²) in [4.78, 5) is 21.0. The lowest BCUT2D eigenvalue weighted by Crippen LogP contribution is -2.46. The van der Waals surface area contributed by atoms with Crippen molar-refractivity contribution in [3.8, 4) is 11.3 Å². The number of aromatic amines is 1. The van der Waals surface area contributed by atoms with Gasteiger partial charge in [0.15, 0.2) is 0 Å². The van der Waals surface area contributed by atoms with Crippen molar-refractivity contribution in [3.63, 3.8) is 0 Å². The minimum atomic E-state index is 0. The van der Waals surface area contributed by atoms with Gasteiger partial charge in [0.05, 0.1) is 21.3 Å². The molecule has 0 radical (unpaired) electrons. The summed E-state index contributed by atoms with van der Waals surface area (Å²) in [5, 5.41) is 4.35. The van der Waals surface area contributed by atoms with E-state index in [2.05, 4.69) is 32.2 Å². The minimum Gasteiger partial charge on any atom is -0.368 e. The zero-order valence-corrected chi connectivity index (χ0v) is 22.6. The van der Waals surface area contributed by atoms with Gasteiger partial charge in [0.25, 0.3) is 5.91 Å². The lowest BCUT2D eigenvalue weighted by Gasteiger charge is -2.36. The van der Waals surface area contributed by atoms with Crippen molar-refractivity contribution in [2.45, 2.75) is 26.7 Å². The summed E-state index contributed by atoms with van der Waals surface area (Å²) in [6.07, 6.45) is 2.01. The highest BCUT2D eigenvalue weighted by Gasteiger charge is 2.20. The van der Waals surface area contributed by atoms with Crippen LogP contribution in [0.25, 0.3) is 11.3 Å². The molecule has 2 aromatic carbocycles. The van der Waals surface area contributed by atoms with Gasteiger partial charge >= 0.3 is 0 Å². The molecule has 2 N–H and O–H groups in total. The molecule has 0 aliphatic carbocycles. The second kappa shape index (κ2) is 12.7. The molecule has 1 fully saturated rings. The number of carbonyl (C=O) groups is 1. The van der Waals surface area contributed by atoms with Crippen LogP contribution in [-0.2, 0) is 0 Å². The first-order chi connectivity index (χ1) is 16.5. The number of aryl methyl sites for hydroxylation is 1. The van der Waals surface area contributed by atoms with Crippen LogP contribution in [0.5, 0.6) is 0 Å². The molecule has 1 aromatic heterocycles. The van der Waals surface area contributed by atoms with E-state index in [1.54, 1.807) is 0 Å². The highest BCUT2D eigenvalue weighted by molar-refractivity contribution is 6.43. The fourth-order valence-electron chi connectivity index (χ4n) is 4.68. The number of carbonyl (C=O) groups excluding carboxylic acids is 1. The Balaban J connectivity index is 0.00000342. The lowest BCUT2D eigenvalue weighted by atomic mass is 10.0. The molecule has 0 saturated carbocycles. The number of aromatic nitrogens is 1. The summed E-state index contributed by atoms with van der Waals surface area (Å²) in [5.41, 5.74) is 5.80. The summed E-state index contributed by atoms with van der Waals surface area (Å²) in [7, 11) is 0. The molecule has 1 aliphatic heterocycles. The van der Waals surface area contributed by atoms with Crippen LogP contribution in [0.4, 0.5) is 5.69 Å². The highest BCUT2D eigenvalue weighted by atomic mass is 35.5. The van der Waals surface area contributed by atoms with E-state index >= 15 is 0 Å². The fourth-order valence-corrected chi connectivity index (χ4v) is 5.10. The number of rotatable bonds is 8. The van der Waals surface area contributed by atoms with Gasteiger partial charge in [-0.3, -0.25) is 9.69 Å². The molecule has 1 saturated heterocycles. The van der Waals surface area contributed by atoms with Gasteiger partial charge in [-0.15, -0.1) is 12.4 Å². The first-order valence-corrected chi connectivity index (χ1v) is 12.7. The summed E-state index contributed by atoms with van der Waals surface area (Å²) < 4.78 is 0. The monoisotopic (exact) mass is 534 g/mol. The molecule has 2 heterocycles. The molecule has 35 heavy (non-hydrogen) atoms. The molecular formula is C27H33Cl3N4O. The molecular weight excluding hydrogens is 503 g/mol. The van der Waals surface area contributed by atoms with E-state index in [9.17, 15) is 4.79 Å². The lowest BCUT2D eigenvalue weighted by molar-refractivity contribution is 0.0951. The molecule has 0 atom stereocenters. The predicted octanol–water partition coefficient (Wildman–Crippen LogP) is 6.36. The number of anilines is 1. The van der Waals surface area contributed by atoms with Crippen molar-refractivity contribution in [1.82, 2.24) is 15.2 Å².